The minimum absolute atomic E-state index is 0.452. The third kappa shape index (κ3) is 23.4. The number of hydrogen-bond acceptors (Lipinski definition) is 3. The second-order valence-corrected chi connectivity index (χ2v) is 13.5. The van der Waals surface area contributed by atoms with E-state index in [1.165, 1.54) is 135 Å². The van der Waals surface area contributed by atoms with Gasteiger partial charge in [-0.15, -0.1) is 0 Å². The third-order valence-electron chi connectivity index (χ3n) is 9.12. The van der Waals surface area contributed by atoms with Crippen molar-refractivity contribution in [1.29, 1.82) is 0 Å². The number of aromatic hydroxyl groups is 3. The molecule has 0 saturated carbocycles. The highest BCUT2D eigenvalue weighted by Gasteiger charge is 2.01. The summed E-state index contributed by atoms with van der Waals surface area (Å²) >= 11 is 0. The lowest BCUT2D eigenvalue weighted by atomic mass is 10.0. The summed E-state index contributed by atoms with van der Waals surface area (Å²) in [5.74, 6) is 1.36. The summed E-state index contributed by atoms with van der Waals surface area (Å²) in [5.41, 5.74) is 3.28. The maximum absolute atomic E-state index is 9.58. The molecule has 3 N–H and O–H groups in total. The van der Waals surface area contributed by atoms with Gasteiger partial charge < -0.3 is 15.3 Å². The monoisotopic (exact) mass is 661 g/mol. The van der Waals surface area contributed by atoms with Crippen LogP contribution in [0.5, 0.6) is 17.2 Å². The van der Waals surface area contributed by atoms with Crippen molar-refractivity contribution in [3.8, 4) is 17.2 Å². The summed E-state index contributed by atoms with van der Waals surface area (Å²) in [6, 6.07) is 23.0. The van der Waals surface area contributed by atoms with Crippen molar-refractivity contribution in [3.63, 3.8) is 0 Å². The van der Waals surface area contributed by atoms with Crippen LogP contribution in [0.2, 0.25) is 0 Å². The van der Waals surface area contributed by atoms with E-state index < -0.39 is 0 Å². The van der Waals surface area contributed by atoms with Crippen LogP contribution in [0.1, 0.15) is 172 Å². The van der Waals surface area contributed by atoms with Gasteiger partial charge in [-0.1, -0.05) is 191 Å². The minimum Gasteiger partial charge on any atom is -0.508 e. The Kier molecular flexibility index (Phi) is 28.1. The molecule has 48 heavy (non-hydrogen) atoms. The molecule has 0 aliphatic rings. The van der Waals surface area contributed by atoms with E-state index in [0.29, 0.717) is 17.2 Å². The molecule has 0 aliphatic heterocycles. The molecule has 3 aromatic carbocycles. The lowest BCUT2D eigenvalue weighted by Gasteiger charge is -2.04. The number of rotatable bonds is 24. The van der Waals surface area contributed by atoms with Gasteiger partial charge in [0.1, 0.15) is 17.2 Å². The molecule has 0 bridgehead atoms. The van der Waals surface area contributed by atoms with Crippen molar-refractivity contribution < 1.29 is 15.3 Å². The second-order valence-electron chi connectivity index (χ2n) is 13.5. The molecular formula is C45H72O3. The Bertz CT molecular complexity index is 983. The van der Waals surface area contributed by atoms with Gasteiger partial charge in [0.05, 0.1) is 0 Å². The number of para-hydroxylation sites is 3. The lowest BCUT2D eigenvalue weighted by Crippen LogP contribution is -1.87. The van der Waals surface area contributed by atoms with E-state index in [-0.39, 0.29) is 0 Å². The van der Waals surface area contributed by atoms with Crippen LogP contribution in [-0.2, 0) is 19.3 Å². The lowest BCUT2D eigenvalue weighted by molar-refractivity contribution is 0.465. The Balaban J connectivity index is 0.000000360. The van der Waals surface area contributed by atoms with Gasteiger partial charge in [-0.05, 0) is 73.4 Å². The summed E-state index contributed by atoms with van der Waals surface area (Å²) in [6.07, 6.45) is 30.9. The van der Waals surface area contributed by atoms with E-state index in [1.54, 1.807) is 18.2 Å². The smallest absolute Gasteiger partial charge is 0.118 e. The fraction of sp³-hybridized carbons (Fsp3) is 0.600. The molecule has 0 aromatic heterocycles. The first kappa shape index (κ1) is 43.1. The molecule has 0 spiro atoms. The molecule has 0 aliphatic carbocycles. The molecule has 0 heterocycles. The molecule has 3 aromatic rings. The topological polar surface area (TPSA) is 60.7 Å². The Morgan fingerprint density at radius 2 is 0.500 bits per heavy atom. The molecule has 3 rings (SSSR count). The fourth-order valence-electron chi connectivity index (χ4n) is 5.98. The summed E-state index contributed by atoms with van der Waals surface area (Å²) in [6.45, 7) is 6.74. The zero-order valence-corrected chi connectivity index (χ0v) is 31.2. The van der Waals surface area contributed by atoms with Crippen LogP contribution in [0.3, 0.4) is 0 Å². The zero-order valence-electron chi connectivity index (χ0n) is 31.2. The average molecular weight is 661 g/mol. The number of benzene rings is 3. The maximum Gasteiger partial charge on any atom is 0.118 e. The summed E-state index contributed by atoms with van der Waals surface area (Å²) in [4.78, 5) is 0. The summed E-state index contributed by atoms with van der Waals surface area (Å²) < 4.78 is 0. The van der Waals surface area contributed by atoms with E-state index in [2.05, 4.69) is 20.8 Å². The van der Waals surface area contributed by atoms with Crippen molar-refractivity contribution >= 4 is 0 Å². The molecule has 0 radical (unpaired) electrons. The Morgan fingerprint density at radius 1 is 0.292 bits per heavy atom. The van der Waals surface area contributed by atoms with Gasteiger partial charge in [-0.2, -0.15) is 0 Å². The Hall–Kier alpha value is -2.94. The van der Waals surface area contributed by atoms with Crippen LogP contribution in [-0.4, -0.2) is 15.3 Å². The summed E-state index contributed by atoms with van der Waals surface area (Å²) in [7, 11) is 0. The van der Waals surface area contributed by atoms with Crippen LogP contribution < -0.4 is 0 Å². The van der Waals surface area contributed by atoms with Crippen molar-refractivity contribution in [2.24, 2.45) is 0 Å². The fourth-order valence-corrected chi connectivity index (χ4v) is 5.98. The van der Waals surface area contributed by atoms with E-state index in [0.717, 1.165) is 36.0 Å². The molecule has 0 unspecified atom stereocenters. The van der Waals surface area contributed by atoms with Crippen LogP contribution in [0, 0.1) is 0 Å². The first-order chi connectivity index (χ1) is 23.5. The molecule has 3 heteroatoms. The van der Waals surface area contributed by atoms with Crippen molar-refractivity contribution in [1.82, 2.24) is 0 Å². The first-order valence-corrected chi connectivity index (χ1v) is 19.8. The van der Waals surface area contributed by atoms with E-state index in [1.807, 2.05) is 54.6 Å². The van der Waals surface area contributed by atoms with Crippen LogP contribution >= 0.6 is 0 Å². The van der Waals surface area contributed by atoms with Gasteiger partial charge in [0.25, 0.3) is 0 Å². The quantitative estimate of drug-likeness (QED) is 0.0838. The molecule has 0 atom stereocenters. The number of aryl methyl sites for hydroxylation is 3. The van der Waals surface area contributed by atoms with Gasteiger partial charge in [0, 0.05) is 0 Å². The highest BCUT2D eigenvalue weighted by atomic mass is 16.3. The largest absolute Gasteiger partial charge is 0.508 e. The standard InChI is InChI=1S/3C15H24O/c3*1-2-3-4-5-6-7-8-11-14-12-9-10-13-15(14)16/h3*9-10,12-13,16H,2-8,11H2,1H3. The molecule has 0 amide bonds. The van der Waals surface area contributed by atoms with Gasteiger partial charge in [0.2, 0.25) is 0 Å². The maximum atomic E-state index is 9.58. The van der Waals surface area contributed by atoms with Gasteiger partial charge >= 0.3 is 0 Å². The second kappa shape index (κ2) is 31.3. The van der Waals surface area contributed by atoms with Crippen molar-refractivity contribution in [2.75, 3.05) is 0 Å². The minimum atomic E-state index is 0.452. The normalized spacial score (nSPS) is 10.6. The van der Waals surface area contributed by atoms with Crippen LogP contribution in [0.15, 0.2) is 72.8 Å². The van der Waals surface area contributed by atoms with E-state index >= 15 is 0 Å². The van der Waals surface area contributed by atoms with Crippen LogP contribution in [0.25, 0.3) is 0 Å². The molecule has 3 nitrogen and oxygen atoms in total. The predicted octanol–water partition coefficient (Wildman–Crippen LogP) is 14.1. The van der Waals surface area contributed by atoms with Gasteiger partial charge in [0.15, 0.2) is 0 Å². The van der Waals surface area contributed by atoms with Crippen molar-refractivity contribution in [2.45, 2.75) is 175 Å². The summed E-state index contributed by atoms with van der Waals surface area (Å²) in [5, 5.41) is 28.7. The number of phenols is 3. The molecule has 0 fully saturated rings. The van der Waals surface area contributed by atoms with E-state index in [4.69, 9.17) is 0 Å². The van der Waals surface area contributed by atoms with Crippen molar-refractivity contribution in [3.05, 3.63) is 89.5 Å². The van der Waals surface area contributed by atoms with E-state index in [9.17, 15) is 15.3 Å². The number of unbranched alkanes of at least 4 members (excludes halogenated alkanes) is 18. The molecule has 270 valence electrons. The predicted molar refractivity (Wildman–Crippen MR) is 209 cm³/mol. The Morgan fingerprint density at radius 3 is 0.729 bits per heavy atom. The Labute approximate surface area is 296 Å². The average Bonchev–Trinajstić information content (AvgIpc) is 3.10. The SMILES string of the molecule is CCCCCCCCCc1ccccc1O.CCCCCCCCCc1ccccc1O.CCCCCCCCCc1ccccc1O. The van der Waals surface area contributed by atoms with Gasteiger partial charge in [-0.25, -0.2) is 0 Å². The highest BCUT2D eigenvalue weighted by molar-refractivity contribution is 5.33. The zero-order chi connectivity index (χ0) is 34.9. The van der Waals surface area contributed by atoms with Gasteiger partial charge in [-0.3, -0.25) is 0 Å². The number of hydrogen-bond donors (Lipinski definition) is 3. The molecule has 0 saturated heterocycles. The third-order valence-corrected chi connectivity index (χ3v) is 9.12. The van der Waals surface area contributed by atoms with Crippen LogP contribution in [0.4, 0.5) is 0 Å². The first-order valence-electron chi connectivity index (χ1n) is 19.8. The molecular weight excluding hydrogens is 588 g/mol. The number of phenolic OH excluding ortho intramolecular Hbond substituents is 3. The highest BCUT2D eigenvalue weighted by Crippen LogP contribution is 2.21.